The number of likely N-dealkylation sites (N-methyl/N-ethyl adjacent to an activating group) is 1. The van der Waals surface area contributed by atoms with Gasteiger partial charge in [-0.3, -0.25) is 14.5 Å². The number of carbonyl (C=O) groups is 2. The third-order valence-electron chi connectivity index (χ3n) is 3.40. The first-order chi connectivity index (χ1) is 10.4. The van der Waals surface area contributed by atoms with Gasteiger partial charge in [-0.25, -0.2) is 9.86 Å². The first-order valence-electron chi connectivity index (χ1n) is 7.59. The lowest BCUT2D eigenvalue weighted by atomic mass is 10.1. The molecule has 0 saturated carbocycles. The number of allylic oxidation sites excluding steroid dienone is 1. The molecule has 7 heteroatoms. The normalized spacial score (nSPS) is 24.1. The molecule has 132 valence electrons. The molecule has 2 atom stereocenters. The van der Waals surface area contributed by atoms with Gasteiger partial charge in [-0.05, 0) is 41.5 Å². The predicted octanol–water partition coefficient (Wildman–Crippen LogP) is 2.32. The van der Waals surface area contributed by atoms with E-state index in [0.29, 0.717) is 0 Å². The molecular formula is C16H28N2O5. The molecule has 2 amide bonds. The molecule has 0 aromatic rings. The maximum Gasteiger partial charge on any atom is 0.413 e. The van der Waals surface area contributed by atoms with E-state index >= 15 is 0 Å². The molecule has 0 spiro atoms. The molecule has 1 fully saturated rings. The van der Waals surface area contributed by atoms with Gasteiger partial charge < -0.3 is 9.47 Å². The topological polar surface area (TPSA) is 68.3 Å². The molecule has 0 N–H and O–H groups in total. The maximum absolute atomic E-state index is 12.7. The number of ether oxygens (including phenoxy) is 2. The van der Waals surface area contributed by atoms with Crippen LogP contribution in [-0.4, -0.2) is 59.6 Å². The van der Waals surface area contributed by atoms with E-state index in [1.165, 1.54) is 19.1 Å². The van der Waals surface area contributed by atoms with Crippen LogP contribution in [0.15, 0.2) is 12.2 Å². The van der Waals surface area contributed by atoms with Gasteiger partial charge in [0.25, 0.3) is 5.91 Å². The van der Waals surface area contributed by atoms with E-state index in [-0.39, 0.29) is 5.91 Å². The fourth-order valence-electron chi connectivity index (χ4n) is 2.44. The minimum Gasteiger partial charge on any atom is -0.444 e. The molecule has 7 nitrogen and oxygen atoms in total. The van der Waals surface area contributed by atoms with Gasteiger partial charge in [0.2, 0.25) is 0 Å². The van der Waals surface area contributed by atoms with Crippen LogP contribution in [0.2, 0.25) is 0 Å². The molecule has 1 heterocycles. The van der Waals surface area contributed by atoms with Crippen molar-refractivity contribution < 1.29 is 23.9 Å². The van der Waals surface area contributed by atoms with Gasteiger partial charge in [0, 0.05) is 7.05 Å². The SMILES string of the molecule is C/C=C/[C@H]1OC(C)(C)N(C(=O)OC(C)(C)C)[C@@H]1C(=O)N(C)OC. The minimum absolute atomic E-state index is 0.382. The molecule has 0 aliphatic carbocycles. The first kappa shape index (κ1) is 19.4. The number of hydroxylamine groups is 2. The van der Waals surface area contributed by atoms with Crippen molar-refractivity contribution in [3.8, 4) is 0 Å². The number of amides is 2. The van der Waals surface area contributed by atoms with Crippen molar-refractivity contribution in [1.29, 1.82) is 0 Å². The van der Waals surface area contributed by atoms with E-state index in [9.17, 15) is 9.59 Å². The zero-order chi connectivity index (χ0) is 18.0. The van der Waals surface area contributed by atoms with Crippen molar-refractivity contribution in [2.24, 2.45) is 0 Å². The van der Waals surface area contributed by atoms with E-state index in [4.69, 9.17) is 14.3 Å². The maximum atomic E-state index is 12.7. The third kappa shape index (κ3) is 4.45. The quantitative estimate of drug-likeness (QED) is 0.587. The number of hydrogen-bond donors (Lipinski definition) is 0. The highest BCUT2D eigenvalue weighted by atomic mass is 16.7. The van der Waals surface area contributed by atoms with Gasteiger partial charge in [0.05, 0.1) is 7.11 Å². The zero-order valence-electron chi connectivity index (χ0n) is 15.2. The summed E-state index contributed by atoms with van der Waals surface area (Å²) in [4.78, 5) is 31.6. The van der Waals surface area contributed by atoms with Crippen molar-refractivity contribution in [2.45, 2.75) is 65.0 Å². The Balaban J connectivity index is 3.24. The number of rotatable bonds is 3. The standard InChI is InChI=1S/C16H28N2O5/c1-9-10-11-12(13(19)17(7)21-8)18(16(5,6)22-11)14(20)23-15(2,3)4/h9-12H,1-8H3/b10-9+/t11-,12+/m1/s1. The highest BCUT2D eigenvalue weighted by Gasteiger charge is 2.54. The lowest BCUT2D eigenvalue weighted by Gasteiger charge is -2.35. The monoisotopic (exact) mass is 328 g/mol. The van der Waals surface area contributed by atoms with Crippen LogP contribution in [-0.2, 0) is 19.1 Å². The Hall–Kier alpha value is -1.60. The van der Waals surface area contributed by atoms with Crippen LogP contribution in [0, 0.1) is 0 Å². The minimum atomic E-state index is -0.985. The van der Waals surface area contributed by atoms with Crippen LogP contribution >= 0.6 is 0 Å². The summed E-state index contributed by atoms with van der Waals surface area (Å²) in [6, 6.07) is -0.860. The second kappa shape index (κ2) is 6.88. The van der Waals surface area contributed by atoms with Gasteiger partial charge in [0.1, 0.15) is 23.5 Å². The molecular weight excluding hydrogens is 300 g/mol. The molecule has 0 aromatic carbocycles. The second-order valence-corrected chi connectivity index (χ2v) is 6.87. The van der Waals surface area contributed by atoms with Gasteiger partial charge >= 0.3 is 6.09 Å². The van der Waals surface area contributed by atoms with Gasteiger partial charge in [-0.15, -0.1) is 0 Å². The number of nitrogens with zero attached hydrogens (tertiary/aromatic N) is 2. The summed E-state index contributed by atoms with van der Waals surface area (Å²) >= 11 is 0. The summed E-state index contributed by atoms with van der Waals surface area (Å²) in [7, 11) is 2.88. The molecule has 1 aliphatic rings. The van der Waals surface area contributed by atoms with Crippen molar-refractivity contribution in [3.05, 3.63) is 12.2 Å². The van der Waals surface area contributed by atoms with Crippen LogP contribution in [0.3, 0.4) is 0 Å². The average Bonchev–Trinajstić information content (AvgIpc) is 2.66. The van der Waals surface area contributed by atoms with Gasteiger partial charge in [0.15, 0.2) is 0 Å². The smallest absolute Gasteiger partial charge is 0.413 e. The fourth-order valence-corrected chi connectivity index (χ4v) is 2.44. The second-order valence-electron chi connectivity index (χ2n) is 6.87. The van der Waals surface area contributed by atoms with Crippen molar-refractivity contribution in [2.75, 3.05) is 14.2 Å². The Bertz CT molecular complexity index is 481. The Morgan fingerprint density at radius 3 is 2.30 bits per heavy atom. The van der Waals surface area contributed by atoms with Crippen LogP contribution in [0.25, 0.3) is 0 Å². The molecule has 0 aromatic heterocycles. The molecule has 0 unspecified atom stereocenters. The number of carbonyl (C=O) groups excluding carboxylic acids is 2. The Morgan fingerprint density at radius 1 is 1.30 bits per heavy atom. The van der Waals surface area contributed by atoms with Crippen LogP contribution in [0.4, 0.5) is 4.79 Å². The highest BCUT2D eigenvalue weighted by molar-refractivity contribution is 5.87. The molecule has 0 radical (unpaired) electrons. The summed E-state index contributed by atoms with van der Waals surface area (Å²) in [5.41, 5.74) is -1.66. The molecule has 23 heavy (non-hydrogen) atoms. The Labute approximate surface area is 138 Å². The molecule has 0 bridgehead atoms. The number of hydrogen-bond acceptors (Lipinski definition) is 5. The van der Waals surface area contributed by atoms with Crippen molar-refractivity contribution in [1.82, 2.24) is 9.96 Å². The summed E-state index contributed by atoms with van der Waals surface area (Å²) in [5, 5.41) is 1.09. The van der Waals surface area contributed by atoms with Crippen LogP contribution in [0.1, 0.15) is 41.5 Å². The van der Waals surface area contributed by atoms with E-state index in [0.717, 1.165) is 5.06 Å². The van der Waals surface area contributed by atoms with Gasteiger partial charge in [-0.2, -0.15) is 0 Å². The van der Waals surface area contributed by atoms with Crippen LogP contribution in [0.5, 0.6) is 0 Å². The summed E-state index contributed by atoms with van der Waals surface area (Å²) in [6.07, 6.45) is 2.36. The van der Waals surface area contributed by atoms with Crippen molar-refractivity contribution in [3.63, 3.8) is 0 Å². The van der Waals surface area contributed by atoms with Crippen molar-refractivity contribution >= 4 is 12.0 Å². The zero-order valence-corrected chi connectivity index (χ0v) is 15.2. The third-order valence-corrected chi connectivity index (χ3v) is 3.40. The van der Waals surface area contributed by atoms with E-state index < -0.39 is 29.6 Å². The van der Waals surface area contributed by atoms with Crippen LogP contribution < -0.4 is 0 Å². The highest BCUT2D eigenvalue weighted by Crippen LogP contribution is 2.35. The van der Waals surface area contributed by atoms with Gasteiger partial charge in [-0.1, -0.05) is 12.2 Å². The lowest BCUT2D eigenvalue weighted by molar-refractivity contribution is -0.174. The fraction of sp³-hybridized carbons (Fsp3) is 0.750. The van der Waals surface area contributed by atoms with E-state index in [1.807, 2.05) is 6.92 Å². The summed E-state index contributed by atoms with van der Waals surface area (Å²) in [6.45, 7) is 10.6. The molecule has 1 rings (SSSR count). The summed E-state index contributed by atoms with van der Waals surface area (Å²) in [5.74, 6) is -0.382. The average molecular weight is 328 g/mol. The summed E-state index contributed by atoms with van der Waals surface area (Å²) < 4.78 is 11.3. The largest absolute Gasteiger partial charge is 0.444 e. The molecule has 1 aliphatic heterocycles. The predicted molar refractivity (Wildman–Crippen MR) is 85.4 cm³/mol. The Morgan fingerprint density at radius 2 is 1.87 bits per heavy atom. The van der Waals surface area contributed by atoms with E-state index in [2.05, 4.69) is 0 Å². The van der Waals surface area contributed by atoms with E-state index in [1.54, 1.807) is 46.8 Å². The molecule has 1 saturated heterocycles. The first-order valence-corrected chi connectivity index (χ1v) is 7.59. The lowest BCUT2D eigenvalue weighted by Crippen LogP contribution is -2.55. The Kier molecular flexibility index (Phi) is 5.82.